The molecule has 0 aliphatic carbocycles. The molecule has 0 amide bonds. The molecule has 0 radical (unpaired) electrons. The summed E-state index contributed by atoms with van der Waals surface area (Å²) >= 11 is 5.91. The molecule has 3 aromatic rings. The Kier molecular flexibility index (Phi) is 3.92. The lowest BCUT2D eigenvalue weighted by molar-refractivity contribution is 1.33. The molecule has 110 valence electrons. The molecule has 6 nitrogen and oxygen atoms in total. The Bertz CT molecular complexity index is 974. The van der Waals surface area contributed by atoms with Gasteiger partial charge in [-0.1, -0.05) is 29.8 Å². The van der Waals surface area contributed by atoms with E-state index in [1.165, 1.54) is 0 Å². The molecule has 23 heavy (non-hydrogen) atoms. The molecule has 0 fully saturated rings. The highest BCUT2D eigenvalue weighted by Gasteiger charge is 2.09. The largest absolute Gasteiger partial charge is 0.353 e. The smallest absolute Gasteiger partial charge is 0.237 e. The summed E-state index contributed by atoms with van der Waals surface area (Å²) in [6, 6.07) is 16.3. The Morgan fingerprint density at radius 1 is 1.17 bits per heavy atom. The van der Waals surface area contributed by atoms with Gasteiger partial charge in [0.05, 0.1) is 22.4 Å². The number of hydrogen-bond donors (Lipinski definition) is 2. The van der Waals surface area contributed by atoms with Crippen LogP contribution < -0.4 is 5.43 Å². The van der Waals surface area contributed by atoms with E-state index in [9.17, 15) is 0 Å². The average molecular weight is 321 g/mol. The highest BCUT2D eigenvalue weighted by atomic mass is 35.5. The zero-order valence-corrected chi connectivity index (χ0v) is 12.5. The van der Waals surface area contributed by atoms with Crippen molar-refractivity contribution in [3.8, 4) is 23.4 Å². The van der Waals surface area contributed by atoms with Gasteiger partial charge in [-0.25, -0.2) is 4.98 Å². The van der Waals surface area contributed by atoms with Crippen molar-refractivity contribution in [1.82, 2.24) is 9.97 Å². The molecule has 0 saturated carbocycles. The molecular formula is C16H9ClN6. The third kappa shape index (κ3) is 2.98. The van der Waals surface area contributed by atoms with E-state index in [-0.39, 0.29) is 5.71 Å². The summed E-state index contributed by atoms with van der Waals surface area (Å²) in [7, 11) is 0. The lowest BCUT2D eigenvalue weighted by Crippen LogP contribution is -1.97. The zero-order valence-electron chi connectivity index (χ0n) is 11.7. The maximum Gasteiger partial charge on any atom is 0.237 e. The van der Waals surface area contributed by atoms with Crippen molar-refractivity contribution >= 4 is 34.0 Å². The van der Waals surface area contributed by atoms with Crippen LogP contribution in [0, 0.1) is 22.7 Å². The van der Waals surface area contributed by atoms with Gasteiger partial charge in [-0.2, -0.15) is 15.6 Å². The van der Waals surface area contributed by atoms with Gasteiger partial charge in [-0.3, -0.25) is 5.43 Å². The van der Waals surface area contributed by atoms with E-state index in [1.807, 2.05) is 30.3 Å². The van der Waals surface area contributed by atoms with Crippen molar-refractivity contribution in [3.05, 3.63) is 47.6 Å². The van der Waals surface area contributed by atoms with Crippen molar-refractivity contribution in [2.75, 3.05) is 5.43 Å². The predicted molar refractivity (Wildman–Crippen MR) is 88.8 cm³/mol. The Labute approximate surface area is 136 Å². The molecule has 2 N–H and O–H groups in total. The maximum absolute atomic E-state index is 8.74. The quantitative estimate of drug-likeness (QED) is 0.436. The number of nitrogens with one attached hydrogen (secondary N) is 2. The van der Waals surface area contributed by atoms with Gasteiger partial charge in [-0.05, 0) is 24.3 Å². The monoisotopic (exact) mass is 320 g/mol. The molecule has 0 saturated heterocycles. The number of hydrazone groups is 1. The van der Waals surface area contributed by atoms with Crippen molar-refractivity contribution in [3.63, 3.8) is 0 Å². The van der Waals surface area contributed by atoms with E-state index in [0.717, 1.165) is 22.3 Å². The number of hydrogen-bond acceptors (Lipinski definition) is 5. The molecule has 0 spiro atoms. The number of para-hydroxylation sites is 1. The first kappa shape index (κ1) is 14.6. The van der Waals surface area contributed by atoms with E-state index < -0.39 is 0 Å². The number of benzene rings is 1. The van der Waals surface area contributed by atoms with Crippen LogP contribution in [-0.2, 0) is 0 Å². The third-order valence-corrected chi connectivity index (χ3v) is 3.37. The standard InChI is InChI=1S/C16H9ClN6/c17-16-6-5-13-15(21-16)7-14(20-13)11-3-1-2-4-12(11)23-22-10(8-18)9-19/h1-7,20,23H. The zero-order chi connectivity index (χ0) is 16.2. The van der Waals surface area contributed by atoms with Crippen LogP contribution in [0.4, 0.5) is 5.69 Å². The molecular weight excluding hydrogens is 312 g/mol. The molecule has 0 atom stereocenters. The minimum atomic E-state index is -0.245. The second kappa shape index (κ2) is 6.18. The molecule has 2 heterocycles. The fourth-order valence-corrected chi connectivity index (χ4v) is 2.29. The minimum Gasteiger partial charge on any atom is -0.353 e. The van der Waals surface area contributed by atoms with E-state index >= 15 is 0 Å². The van der Waals surface area contributed by atoms with Crippen molar-refractivity contribution in [2.24, 2.45) is 5.10 Å². The summed E-state index contributed by atoms with van der Waals surface area (Å²) in [5.41, 5.74) is 6.43. The lowest BCUT2D eigenvalue weighted by atomic mass is 10.1. The van der Waals surface area contributed by atoms with E-state index in [4.69, 9.17) is 22.1 Å². The molecule has 2 aromatic heterocycles. The van der Waals surface area contributed by atoms with E-state index in [1.54, 1.807) is 24.3 Å². The van der Waals surface area contributed by atoms with Crippen molar-refractivity contribution in [2.45, 2.75) is 0 Å². The Morgan fingerprint density at radius 2 is 1.96 bits per heavy atom. The molecule has 3 rings (SSSR count). The van der Waals surface area contributed by atoms with Crippen molar-refractivity contribution < 1.29 is 0 Å². The van der Waals surface area contributed by atoms with Crippen LogP contribution in [0.2, 0.25) is 5.15 Å². The topological polar surface area (TPSA) is 101 Å². The second-order valence-corrected chi connectivity index (χ2v) is 4.98. The Morgan fingerprint density at radius 3 is 2.74 bits per heavy atom. The Balaban J connectivity index is 2.04. The van der Waals surface area contributed by atoms with Gasteiger partial charge >= 0.3 is 0 Å². The number of fused-ring (bicyclic) bond motifs is 1. The fourth-order valence-electron chi connectivity index (χ4n) is 2.14. The summed E-state index contributed by atoms with van der Waals surface area (Å²) in [6.45, 7) is 0. The third-order valence-electron chi connectivity index (χ3n) is 3.16. The van der Waals surface area contributed by atoms with Gasteiger partial charge < -0.3 is 4.98 Å². The molecule has 0 bridgehead atoms. The van der Waals surface area contributed by atoms with Crippen LogP contribution >= 0.6 is 11.6 Å². The highest BCUT2D eigenvalue weighted by molar-refractivity contribution is 6.29. The van der Waals surface area contributed by atoms with Crippen LogP contribution in [0.3, 0.4) is 0 Å². The maximum atomic E-state index is 8.74. The molecule has 7 heteroatoms. The first-order valence-electron chi connectivity index (χ1n) is 6.60. The number of aromatic nitrogens is 2. The Hall–Kier alpha value is -3.35. The number of aromatic amines is 1. The van der Waals surface area contributed by atoms with Crippen LogP contribution in [0.15, 0.2) is 47.6 Å². The van der Waals surface area contributed by atoms with Gasteiger partial charge in [0, 0.05) is 5.56 Å². The van der Waals surface area contributed by atoms with Crippen LogP contribution in [0.25, 0.3) is 22.3 Å². The lowest BCUT2D eigenvalue weighted by Gasteiger charge is -2.06. The second-order valence-electron chi connectivity index (χ2n) is 4.59. The molecule has 0 unspecified atom stereocenters. The fraction of sp³-hybridized carbons (Fsp3) is 0. The van der Waals surface area contributed by atoms with Gasteiger partial charge in [-0.15, -0.1) is 0 Å². The average Bonchev–Trinajstić information content (AvgIpc) is 2.99. The van der Waals surface area contributed by atoms with Crippen LogP contribution in [-0.4, -0.2) is 15.7 Å². The van der Waals surface area contributed by atoms with Gasteiger partial charge in [0.1, 0.15) is 17.3 Å². The number of pyridine rings is 1. The van der Waals surface area contributed by atoms with Gasteiger partial charge in [0.25, 0.3) is 0 Å². The first-order chi connectivity index (χ1) is 11.2. The summed E-state index contributed by atoms with van der Waals surface area (Å²) in [5, 5.41) is 21.7. The van der Waals surface area contributed by atoms with Gasteiger partial charge in [0.2, 0.25) is 5.71 Å². The summed E-state index contributed by atoms with van der Waals surface area (Å²) in [5.74, 6) is 0. The normalized spacial score (nSPS) is 9.87. The van der Waals surface area contributed by atoms with Crippen LogP contribution in [0.1, 0.15) is 0 Å². The molecule has 1 aromatic carbocycles. The number of H-pyrrole nitrogens is 1. The number of anilines is 1. The SMILES string of the molecule is N#CC(C#N)=NNc1ccccc1-c1cc2nc(Cl)ccc2[nH]1. The predicted octanol–water partition coefficient (Wildman–Crippen LogP) is 3.70. The summed E-state index contributed by atoms with van der Waals surface area (Å²) in [6.07, 6.45) is 0. The highest BCUT2D eigenvalue weighted by Crippen LogP contribution is 2.30. The van der Waals surface area contributed by atoms with Crippen molar-refractivity contribution in [1.29, 1.82) is 10.5 Å². The minimum absolute atomic E-state index is 0.245. The van der Waals surface area contributed by atoms with Crippen LogP contribution in [0.5, 0.6) is 0 Å². The number of nitriles is 2. The summed E-state index contributed by atoms with van der Waals surface area (Å²) < 4.78 is 0. The molecule has 0 aliphatic rings. The molecule has 0 aliphatic heterocycles. The van der Waals surface area contributed by atoms with E-state index in [0.29, 0.717) is 10.8 Å². The number of nitrogens with zero attached hydrogens (tertiary/aromatic N) is 4. The first-order valence-corrected chi connectivity index (χ1v) is 6.97. The van der Waals surface area contributed by atoms with Gasteiger partial charge in [0.15, 0.2) is 0 Å². The number of halogens is 1. The summed E-state index contributed by atoms with van der Waals surface area (Å²) in [4.78, 5) is 7.51. The number of rotatable bonds is 3. The van der Waals surface area contributed by atoms with E-state index in [2.05, 4.69) is 20.5 Å².